The van der Waals surface area contributed by atoms with Crippen LogP contribution in [0.3, 0.4) is 0 Å². The summed E-state index contributed by atoms with van der Waals surface area (Å²) in [4.78, 5) is 50.2. The fourth-order valence-corrected chi connectivity index (χ4v) is 4.02. The van der Waals surface area contributed by atoms with Crippen LogP contribution >= 0.6 is 0 Å². The average Bonchev–Trinajstić information content (AvgIpc) is 3.25. The summed E-state index contributed by atoms with van der Waals surface area (Å²) >= 11 is 0. The van der Waals surface area contributed by atoms with Crippen LogP contribution in [0.2, 0.25) is 0 Å². The zero-order valence-electron chi connectivity index (χ0n) is 18.0. The number of carbonyl (C=O) groups excluding carboxylic acids is 1. The summed E-state index contributed by atoms with van der Waals surface area (Å²) in [5.74, 6) is -1.49. The molecule has 33 heavy (non-hydrogen) atoms. The first-order valence-electron chi connectivity index (χ1n) is 9.81. The van der Waals surface area contributed by atoms with Crippen molar-refractivity contribution < 1.29 is 23.9 Å². The number of aromatic nitrogens is 2. The average molecular weight is 456 g/mol. The van der Waals surface area contributed by atoms with Crippen LogP contribution in [0.15, 0.2) is 45.6 Å². The van der Waals surface area contributed by atoms with E-state index in [1.165, 1.54) is 36.9 Å². The first kappa shape index (κ1) is 21.9. The molecule has 1 aromatic heterocycles. The number of hydrogen-bond acceptors (Lipinski definition) is 9. The van der Waals surface area contributed by atoms with Gasteiger partial charge in [-0.1, -0.05) is 12.7 Å². The Labute approximate surface area is 186 Å². The number of anilines is 1. The van der Waals surface area contributed by atoms with Gasteiger partial charge in [0.1, 0.15) is 12.4 Å². The van der Waals surface area contributed by atoms with Gasteiger partial charge in [-0.3, -0.25) is 24.0 Å². The highest BCUT2D eigenvalue weighted by atomic mass is 16.7. The predicted octanol–water partition coefficient (Wildman–Crippen LogP) is 1.28. The lowest BCUT2D eigenvalue weighted by atomic mass is 9.81. The molecule has 1 aromatic carbocycles. The molecule has 0 saturated heterocycles. The molecule has 0 amide bonds. The van der Waals surface area contributed by atoms with Crippen molar-refractivity contribution in [3.63, 3.8) is 0 Å². The fraction of sp³-hybridized carbons (Fsp3) is 0.286. The Morgan fingerprint density at radius 3 is 2.61 bits per heavy atom. The standard InChI is InChI=1S/C21H20N4O8/c1-5-6-31-20(27)15-10(2)22-18-17(19(26)24(4)21(28)23(18)3)16(15)11-7-13-14(33-9-32-13)8-12(11)25(29)30/h5,7-8,16,22H,1,6,9H2,2-4H3. The van der Waals surface area contributed by atoms with E-state index in [9.17, 15) is 24.5 Å². The second kappa shape index (κ2) is 7.97. The Morgan fingerprint density at radius 1 is 1.30 bits per heavy atom. The van der Waals surface area contributed by atoms with Crippen LogP contribution < -0.4 is 26.0 Å². The van der Waals surface area contributed by atoms with Gasteiger partial charge in [-0.15, -0.1) is 0 Å². The van der Waals surface area contributed by atoms with Crippen LogP contribution in [0.4, 0.5) is 11.5 Å². The lowest BCUT2D eigenvalue weighted by Crippen LogP contribution is -2.43. The van der Waals surface area contributed by atoms with E-state index in [0.29, 0.717) is 0 Å². The number of nitro benzene ring substituents is 1. The first-order valence-corrected chi connectivity index (χ1v) is 9.81. The Hall–Kier alpha value is -4.35. The van der Waals surface area contributed by atoms with Gasteiger partial charge >= 0.3 is 11.7 Å². The van der Waals surface area contributed by atoms with Crippen LogP contribution in [0, 0.1) is 10.1 Å². The summed E-state index contributed by atoms with van der Waals surface area (Å²) in [5, 5.41) is 14.9. The molecule has 1 unspecified atom stereocenters. The number of benzene rings is 1. The van der Waals surface area contributed by atoms with Gasteiger partial charge in [0, 0.05) is 25.4 Å². The number of allylic oxidation sites excluding steroid dienone is 1. The number of fused-ring (bicyclic) bond motifs is 2. The third kappa shape index (κ3) is 3.35. The van der Waals surface area contributed by atoms with Gasteiger partial charge in [-0.05, 0) is 13.0 Å². The van der Waals surface area contributed by atoms with Crippen LogP contribution in [-0.2, 0) is 23.6 Å². The highest BCUT2D eigenvalue weighted by Gasteiger charge is 2.41. The molecule has 12 heteroatoms. The highest BCUT2D eigenvalue weighted by molar-refractivity contribution is 5.95. The van der Waals surface area contributed by atoms with Gasteiger partial charge in [0.25, 0.3) is 11.2 Å². The number of carbonyl (C=O) groups is 1. The lowest BCUT2D eigenvalue weighted by molar-refractivity contribution is -0.385. The summed E-state index contributed by atoms with van der Waals surface area (Å²) in [5.41, 5.74) is -1.42. The lowest BCUT2D eigenvalue weighted by Gasteiger charge is -2.30. The van der Waals surface area contributed by atoms with Crippen molar-refractivity contribution in [1.29, 1.82) is 0 Å². The second-order valence-corrected chi connectivity index (χ2v) is 7.47. The minimum atomic E-state index is -1.22. The van der Waals surface area contributed by atoms with Crippen molar-refractivity contribution in [2.75, 3.05) is 18.7 Å². The molecule has 0 bridgehead atoms. The maximum Gasteiger partial charge on any atom is 0.337 e. The Bertz CT molecular complexity index is 1370. The number of ether oxygens (including phenoxy) is 3. The van der Waals surface area contributed by atoms with E-state index in [2.05, 4.69) is 11.9 Å². The van der Waals surface area contributed by atoms with Crippen LogP contribution in [0.1, 0.15) is 24.0 Å². The predicted molar refractivity (Wildman–Crippen MR) is 115 cm³/mol. The van der Waals surface area contributed by atoms with E-state index in [1.54, 1.807) is 6.92 Å². The monoisotopic (exact) mass is 456 g/mol. The molecule has 4 rings (SSSR count). The highest BCUT2D eigenvalue weighted by Crippen LogP contribution is 2.47. The summed E-state index contributed by atoms with van der Waals surface area (Å²) in [6.45, 7) is 4.84. The largest absolute Gasteiger partial charge is 0.458 e. The van der Waals surface area contributed by atoms with E-state index < -0.39 is 28.1 Å². The molecule has 2 aromatic rings. The van der Waals surface area contributed by atoms with E-state index in [0.717, 1.165) is 4.57 Å². The van der Waals surface area contributed by atoms with Crippen LogP contribution in [-0.4, -0.2) is 33.4 Å². The van der Waals surface area contributed by atoms with E-state index in [-0.39, 0.29) is 58.8 Å². The third-order valence-corrected chi connectivity index (χ3v) is 5.57. The molecular formula is C21H20N4O8. The molecule has 2 aliphatic rings. The van der Waals surface area contributed by atoms with Crippen molar-refractivity contribution in [3.8, 4) is 11.5 Å². The number of hydrogen-bond donors (Lipinski definition) is 1. The number of nitrogens with zero attached hydrogens (tertiary/aromatic N) is 3. The Morgan fingerprint density at radius 2 is 1.97 bits per heavy atom. The van der Waals surface area contributed by atoms with Crippen LogP contribution in [0.25, 0.3) is 0 Å². The van der Waals surface area contributed by atoms with E-state index >= 15 is 0 Å². The number of nitrogens with one attached hydrogen (secondary N) is 1. The molecular weight excluding hydrogens is 436 g/mol. The van der Waals surface area contributed by atoms with Gasteiger partial charge in [0.05, 0.1) is 28.0 Å². The molecule has 0 radical (unpaired) electrons. The summed E-state index contributed by atoms with van der Waals surface area (Å²) in [7, 11) is 2.74. The molecule has 0 spiro atoms. The topological polar surface area (TPSA) is 144 Å². The minimum absolute atomic E-state index is 0.0120. The number of nitro groups is 1. The second-order valence-electron chi connectivity index (χ2n) is 7.47. The molecule has 1 atom stereocenters. The van der Waals surface area contributed by atoms with Crippen molar-refractivity contribution in [2.24, 2.45) is 14.1 Å². The quantitative estimate of drug-likeness (QED) is 0.304. The maximum atomic E-state index is 13.3. The molecule has 3 heterocycles. The Kier molecular flexibility index (Phi) is 5.28. The van der Waals surface area contributed by atoms with Gasteiger partial charge in [-0.25, -0.2) is 9.59 Å². The minimum Gasteiger partial charge on any atom is -0.458 e. The number of rotatable bonds is 5. The van der Waals surface area contributed by atoms with Crippen molar-refractivity contribution in [2.45, 2.75) is 12.8 Å². The zero-order valence-corrected chi connectivity index (χ0v) is 18.0. The van der Waals surface area contributed by atoms with Gasteiger partial charge in [-0.2, -0.15) is 0 Å². The van der Waals surface area contributed by atoms with Gasteiger partial charge < -0.3 is 19.5 Å². The molecule has 1 N–H and O–H groups in total. The summed E-state index contributed by atoms with van der Waals surface area (Å²) in [6, 6.07) is 2.56. The fourth-order valence-electron chi connectivity index (χ4n) is 4.02. The molecule has 0 fully saturated rings. The smallest absolute Gasteiger partial charge is 0.337 e. The first-order chi connectivity index (χ1) is 15.7. The molecule has 172 valence electrons. The van der Waals surface area contributed by atoms with E-state index in [1.807, 2.05) is 0 Å². The summed E-state index contributed by atoms with van der Waals surface area (Å²) in [6.07, 6.45) is 1.37. The van der Waals surface area contributed by atoms with Crippen molar-refractivity contribution in [1.82, 2.24) is 9.13 Å². The van der Waals surface area contributed by atoms with E-state index in [4.69, 9.17) is 14.2 Å². The van der Waals surface area contributed by atoms with Gasteiger partial charge in [0.15, 0.2) is 11.5 Å². The normalized spacial score (nSPS) is 16.2. The molecule has 0 aliphatic carbocycles. The molecule has 12 nitrogen and oxygen atoms in total. The molecule has 2 aliphatic heterocycles. The zero-order chi connectivity index (χ0) is 24.0. The van der Waals surface area contributed by atoms with Crippen molar-refractivity contribution >= 4 is 17.5 Å². The van der Waals surface area contributed by atoms with Gasteiger partial charge in [0.2, 0.25) is 6.79 Å². The SMILES string of the molecule is C=CCOC(=O)C1=C(C)Nc2c(c(=O)n(C)c(=O)n2C)C1c1cc2c(cc1[N+](=O)[O-])OCO2. The van der Waals surface area contributed by atoms with Crippen molar-refractivity contribution in [3.05, 3.63) is 78.1 Å². The number of esters is 1. The molecule has 0 saturated carbocycles. The third-order valence-electron chi connectivity index (χ3n) is 5.57. The maximum absolute atomic E-state index is 13.3. The summed E-state index contributed by atoms with van der Waals surface area (Å²) < 4.78 is 18.0. The van der Waals surface area contributed by atoms with Crippen LogP contribution in [0.5, 0.6) is 11.5 Å². The Balaban J connectivity index is 2.09.